The number of esters is 2. The zero-order valence-electron chi connectivity index (χ0n) is 37.1. The highest BCUT2D eigenvalue weighted by Gasteiger charge is 2.25. The van der Waals surface area contributed by atoms with Gasteiger partial charge >= 0.3 is 11.9 Å². The highest BCUT2D eigenvalue weighted by atomic mass is 16.6. The van der Waals surface area contributed by atoms with Crippen LogP contribution in [-0.2, 0) is 28.6 Å². The van der Waals surface area contributed by atoms with Gasteiger partial charge in [-0.1, -0.05) is 147 Å². The van der Waals surface area contributed by atoms with Crippen molar-refractivity contribution in [2.24, 2.45) is 0 Å². The summed E-state index contributed by atoms with van der Waals surface area (Å²) in [5, 5.41) is 11.6. The predicted molar refractivity (Wildman–Crippen MR) is 231 cm³/mol. The average Bonchev–Trinajstić information content (AvgIpc) is 3.15. The molecule has 0 aromatic carbocycles. The quantitative estimate of drug-likeness (QED) is 0.0263. The van der Waals surface area contributed by atoms with Crippen LogP contribution in [0.25, 0.3) is 0 Å². The van der Waals surface area contributed by atoms with Gasteiger partial charge in [0.05, 0.1) is 40.3 Å². The Kier molecular flexibility index (Phi) is 37.7. The summed E-state index contributed by atoms with van der Waals surface area (Å²) in [4.78, 5) is 36.9. The summed E-state index contributed by atoms with van der Waals surface area (Å²) in [5.74, 6) is -1.75. The number of unbranched alkanes of at least 4 members (excludes halogenated alkanes) is 21. The van der Waals surface area contributed by atoms with Crippen molar-refractivity contribution in [3.63, 3.8) is 0 Å². The summed E-state index contributed by atoms with van der Waals surface area (Å²) in [5.41, 5.74) is 0. The SMILES string of the molecule is CCCCC/C=C/C/C=C/CCCCCCCCCC(=O)OCC(COCCC(C(=O)[O-])[N+](C)(C)C)OC(=O)CCCCCCCCC/C=C/CCCCCC. The number of carbonyl (C=O) groups is 3. The molecule has 2 atom stereocenters. The number of ether oxygens (including phenoxy) is 3. The lowest BCUT2D eigenvalue weighted by Gasteiger charge is -2.34. The Balaban J connectivity index is 4.33. The van der Waals surface area contributed by atoms with Crippen molar-refractivity contribution in [1.82, 2.24) is 0 Å². The number of quaternary nitrogens is 1. The molecule has 0 bridgehead atoms. The molecule has 0 saturated heterocycles. The van der Waals surface area contributed by atoms with Crippen LogP contribution in [0, 0.1) is 0 Å². The highest BCUT2D eigenvalue weighted by Crippen LogP contribution is 2.14. The van der Waals surface area contributed by atoms with E-state index in [2.05, 4.69) is 50.3 Å². The van der Waals surface area contributed by atoms with E-state index in [1.54, 1.807) is 21.1 Å². The molecule has 56 heavy (non-hydrogen) atoms. The Morgan fingerprint density at radius 2 is 0.946 bits per heavy atom. The smallest absolute Gasteiger partial charge is 0.306 e. The van der Waals surface area contributed by atoms with Crippen molar-refractivity contribution in [2.45, 2.75) is 212 Å². The minimum absolute atomic E-state index is 0.0376. The first kappa shape index (κ1) is 53.6. The van der Waals surface area contributed by atoms with Crippen LogP contribution in [0.4, 0.5) is 0 Å². The molecule has 0 fully saturated rings. The second kappa shape index (κ2) is 39.4. The Bertz CT molecular complexity index is 1020. The van der Waals surface area contributed by atoms with Crippen LogP contribution in [0.2, 0.25) is 0 Å². The van der Waals surface area contributed by atoms with E-state index in [1.807, 2.05) is 0 Å². The molecule has 8 heteroatoms. The van der Waals surface area contributed by atoms with Gasteiger partial charge in [0.15, 0.2) is 6.10 Å². The molecule has 0 amide bonds. The Hall–Kier alpha value is -2.45. The van der Waals surface area contributed by atoms with E-state index < -0.39 is 18.1 Å². The first-order valence-corrected chi connectivity index (χ1v) is 23.0. The van der Waals surface area contributed by atoms with E-state index in [1.165, 1.54) is 116 Å². The average molecular weight is 790 g/mol. The molecule has 0 aliphatic rings. The molecule has 0 N–H and O–H groups in total. The number of aliphatic carboxylic acids is 1. The van der Waals surface area contributed by atoms with Crippen molar-refractivity contribution >= 4 is 17.9 Å². The first-order valence-electron chi connectivity index (χ1n) is 23.0. The summed E-state index contributed by atoms with van der Waals surface area (Å²) >= 11 is 0. The van der Waals surface area contributed by atoms with Crippen molar-refractivity contribution in [3.8, 4) is 0 Å². The van der Waals surface area contributed by atoms with Crippen LogP contribution in [0.5, 0.6) is 0 Å². The molecule has 0 aromatic heterocycles. The summed E-state index contributed by atoms with van der Waals surface area (Å²) in [7, 11) is 5.41. The van der Waals surface area contributed by atoms with E-state index >= 15 is 0 Å². The van der Waals surface area contributed by atoms with Crippen LogP contribution in [-0.4, -0.2) is 75.5 Å². The summed E-state index contributed by atoms with van der Waals surface area (Å²) in [6, 6.07) is -0.727. The third-order valence-corrected chi connectivity index (χ3v) is 10.2. The van der Waals surface area contributed by atoms with Gasteiger partial charge in [-0.05, 0) is 70.6 Å². The van der Waals surface area contributed by atoms with Crippen LogP contribution < -0.4 is 5.11 Å². The van der Waals surface area contributed by atoms with Crippen LogP contribution >= 0.6 is 0 Å². The Morgan fingerprint density at radius 1 is 0.536 bits per heavy atom. The normalized spacial score (nSPS) is 13.2. The largest absolute Gasteiger partial charge is 0.544 e. The number of allylic oxidation sites excluding steroid dienone is 6. The van der Waals surface area contributed by atoms with Crippen LogP contribution in [0.15, 0.2) is 36.5 Å². The van der Waals surface area contributed by atoms with Crippen molar-refractivity contribution < 1.29 is 38.2 Å². The molecular formula is C48H87NO7. The number of likely N-dealkylation sites (N-methyl/N-ethyl adjacent to an activating group) is 1. The van der Waals surface area contributed by atoms with Gasteiger partial charge in [-0.3, -0.25) is 9.59 Å². The van der Waals surface area contributed by atoms with Crippen molar-refractivity contribution in [1.29, 1.82) is 0 Å². The van der Waals surface area contributed by atoms with Crippen molar-refractivity contribution in [2.75, 3.05) is 41.0 Å². The topological polar surface area (TPSA) is 102 Å². The van der Waals surface area contributed by atoms with Gasteiger partial charge in [-0.2, -0.15) is 0 Å². The number of hydrogen-bond acceptors (Lipinski definition) is 7. The lowest BCUT2D eigenvalue weighted by atomic mass is 10.1. The third kappa shape index (κ3) is 37.1. The van der Waals surface area contributed by atoms with Gasteiger partial charge < -0.3 is 28.6 Å². The second-order valence-electron chi connectivity index (χ2n) is 16.6. The van der Waals surface area contributed by atoms with Gasteiger partial charge in [-0.15, -0.1) is 0 Å². The lowest BCUT2D eigenvalue weighted by Crippen LogP contribution is -2.55. The van der Waals surface area contributed by atoms with E-state index in [9.17, 15) is 19.5 Å². The number of carbonyl (C=O) groups excluding carboxylic acids is 3. The number of hydrogen-bond donors (Lipinski definition) is 0. The van der Waals surface area contributed by atoms with Crippen LogP contribution in [0.3, 0.4) is 0 Å². The van der Waals surface area contributed by atoms with Gasteiger partial charge in [0, 0.05) is 19.3 Å². The third-order valence-electron chi connectivity index (χ3n) is 10.2. The first-order chi connectivity index (χ1) is 27.1. The van der Waals surface area contributed by atoms with E-state index in [-0.39, 0.29) is 42.7 Å². The van der Waals surface area contributed by atoms with Gasteiger partial charge in [0.2, 0.25) is 0 Å². The number of nitrogens with zero attached hydrogens (tertiary/aromatic N) is 1. The van der Waals surface area contributed by atoms with Gasteiger partial charge in [0.25, 0.3) is 0 Å². The number of rotatable bonds is 41. The van der Waals surface area contributed by atoms with Gasteiger partial charge in [0.1, 0.15) is 12.6 Å². The standard InChI is InChI=1S/C48H87NO7/c1-6-8-10-12-14-16-18-20-22-23-25-26-28-30-32-34-36-38-46(50)55-43-44(42-54-41-40-45(48(52)53)49(3,4)5)56-47(51)39-37-35-33-31-29-27-24-21-19-17-15-13-11-9-7-2/h14,16-17,19-20,22,44-45H,6-13,15,18,21,23-43H2,1-5H3/b16-14+,19-17+,22-20+. The molecule has 0 rings (SSSR count). The molecule has 0 heterocycles. The molecular weight excluding hydrogens is 703 g/mol. The molecule has 326 valence electrons. The zero-order chi connectivity index (χ0) is 41.4. The van der Waals surface area contributed by atoms with Gasteiger partial charge in [-0.25, -0.2) is 0 Å². The zero-order valence-corrected chi connectivity index (χ0v) is 37.1. The second-order valence-corrected chi connectivity index (χ2v) is 16.6. The molecule has 2 unspecified atom stereocenters. The molecule has 8 nitrogen and oxygen atoms in total. The van der Waals surface area contributed by atoms with E-state index in [0.717, 1.165) is 51.4 Å². The maximum atomic E-state index is 12.7. The molecule has 0 spiro atoms. The van der Waals surface area contributed by atoms with Crippen LogP contribution in [0.1, 0.15) is 200 Å². The molecule has 0 radical (unpaired) electrons. The fraction of sp³-hybridized carbons (Fsp3) is 0.812. The lowest BCUT2D eigenvalue weighted by molar-refractivity contribution is -0.889. The van der Waals surface area contributed by atoms with Crippen molar-refractivity contribution in [3.05, 3.63) is 36.5 Å². The highest BCUT2D eigenvalue weighted by molar-refractivity contribution is 5.70. The molecule has 0 aliphatic carbocycles. The molecule has 0 saturated carbocycles. The monoisotopic (exact) mass is 790 g/mol. The van der Waals surface area contributed by atoms with E-state index in [4.69, 9.17) is 14.2 Å². The Morgan fingerprint density at radius 3 is 1.43 bits per heavy atom. The maximum Gasteiger partial charge on any atom is 0.306 e. The Labute approximate surface area is 344 Å². The number of carboxylic acid groups (broad SMARTS) is 1. The summed E-state index contributed by atoms with van der Waals surface area (Å²) in [6.07, 6.45) is 44.4. The summed E-state index contributed by atoms with van der Waals surface area (Å²) < 4.78 is 17.2. The van der Waals surface area contributed by atoms with E-state index in [0.29, 0.717) is 12.8 Å². The molecule has 0 aromatic rings. The maximum absolute atomic E-state index is 12.7. The number of carboxylic acids is 1. The minimum Gasteiger partial charge on any atom is -0.544 e. The fourth-order valence-corrected chi connectivity index (χ4v) is 6.62. The summed E-state index contributed by atoms with van der Waals surface area (Å²) in [6.45, 7) is 4.62. The minimum atomic E-state index is -1.13. The fourth-order valence-electron chi connectivity index (χ4n) is 6.62. The predicted octanol–water partition coefficient (Wildman–Crippen LogP) is 11.3. The molecule has 0 aliphatic heterocycles.